The van der Waals surface area contributed by atoms with E-state index in [0.717, 1.165) is 30.0 Å². The van der Waals surface area contributed by atoms with E-state index in [1.807, 2.05) is 42.5 Å². The first kappa shape index (κ1) is 25.5. The van der Waals surface area contributed by atoms with Crippen molar-refractivity contribution < 1.29 is 14.3 Å². The highest BCUT2D eigenvalue weighted by molar-refractivity contribution is 6.39. The zero-order valence-corrected chi connectivity index (χ0v) is 20.2. The van der Waals surface area contributed by atoms with Crippen molar-refractivity contribution in [3.63, 3.8) is 0 Å². The van der Waals surface area contributed by atoms with Crippen molar-refractivity contribution in [3.8, 4) is 0 Å². The molecule has 0 fully saturated rings. The van der Waals surface area contributed by atoms with Crippen LogP contribution >= 0.6 is 23.2 Å². The highest BCUT2D eigenvalue weighted by Gasteiger charge is 2.24. The molecule has 3 aromatic rings. The first-order chi connectivity index (χ1) is 16.5. The summed E-state index contributed by atoms with van der Waals surface area (Å²) in [6, 6.07) is 17.4. The van der Waals surface area contributed by atoms with E-state index >= 15 is 0 Å². The van der Waals surface area contributed by atoms with E-state index in [9.17, 15) is 9.59 Å². The molecule has 0 spiro atoms. The van der Waals surface area contributed by atoms with Crippen molar-refractivity contribution in [2.45, 2.75) is 19.0 Å². The Balaban J connectivity index is 1.52. The van der Waals surface area contributed by atoms with Gasteiger partial charge in [-0.15, -0.1) is 0 Å². The van der Waals surface area contributed by atoms with Crippen LogP contribution in [0.2, 0.25) is 10.0 Å². The molecular weight excluding hydrogens is 475 g/mol. The van der Waals surface area contributed by atoms with Crippen molar-refractivity contribution in [1.82, 2.24) is 15.6 Å². The monoisotopic (exact) mass is 500 g/mol. The van der Waals surface area contributed by atoms with Crippen LogP contribution in [0.5, 0.6) is 0 Å². The fraction of sp³-hybridized carbons (Fsp3) is 0.240. The zero-order valence-electron chi connectivity index (χ0n) is 18.7. The van der Waals surface area contributed by atoms with Crippen molar-refractivity contribution in [2.75, 3.05) is 25.5 Å². The van der Waals surface area contributed by atoms with Crippen LogP contribution in [0.4, 0.5) is 5.82 Å². The molecule has 1 unspecified atom stereocenters. The highest BCUT2D eigenvalue weighted by atomic mass is 35.5. The number of hydrogen-bond donors (Lipinski definition) is 3. The third kappa shape index (κ3) is 7.45. The van der Waals surface area contributed by atoms with Gasteiger partial charge in [0.05, 0.1) is 22.7 Å². The summed E-state index contributed by atoms with van der Waals surface area (Å²) in [4.78, 5) is 29.2. The van der Waals surface area contributed by atoms with Crippen molar-refractivity contribution in [1.29, 1.82) is 0 Å². The molecule has 0 saturated heterocycles. The van der Waals surface area contributed by atoms with Gasteiger partial charge in [-0.3, -0.25) is 4.79 Å². The summed E-state index contributed by atoms with van der Waals surface area (Å²) in [5, 5.41) is 9.71. The maximum Gasteiger partial charge on any atom is 0.328 e. The van der Waals surface area contributed by atoms with Gasteiger partial charge in [0.1, 0.15) is 11.9 Å². The molecule has 3 N–H and O–H groups in total. The third-order valence-electron chi connectivity index (χ3n) is 5.05. The van der Waals surface area contributed by atoms with E-state index in [-0.39, 0.29) is 22.0 Å². The summed E-state index contributed by atoms with van der Waals surface area (Å²) in [6.07, 6.45) is 2.02. The minimum absolute atomic E-state index is 0.124. The fourth-order valence-electron chi connectivity index (χ4n) is 3.29. The van der Waals surface area contributed by atoms with Gasteiger partial charge in [0.2, 0.25) is 0 Å². The standard InChI is InChI=1S/C25H26Cl2N4O3/c1-34-25(33)21(31-24(32)23-19(26)5-4-6-20(23)27)15-17-8-10-18(11-9-17)16-28-13-14-30-22-7-2-3-12-29-22/h2-12,21,28H,13-16H2,1H3,(H,29,30)(H,31,32). The van der Waals surface area contributed by atoms with Crippen LogP contribution in [0, 0.1) is 0 Å². The lowest BCUT2D eigenvalue weighted by Gasteiger charge is -2.18. The van der Waals surface area contributed by atoms with Crippen LogP contribution in [-0.4, -0.2) is 43.1 Å². The number of rotatable bonds is 11. The average Bonchev–Trinajstić information content (AvgIpc) is 2.84. The van der Waals surface area contributed by atoms with Gasteiger partial charge < -0.3 is 20.7 Å². The normalized spacial score (nSPS) is 11.5. The smallest absolute Gasteiger partial charge is 0.328 e. The Kier molecular flexibility index (Phi) is 9.70. The molecule has 0 radical (unpaired) electrons. The SMILES string of the molecule is COC(=O)C(Cc1ccc(CNCCNc2ccccn2)cc1)NC(=O)c1c(Cl)cccc1Cl. The van der Waals surface area contributed by atoms with Gasteiger partial charge in [-0.2, -0.15) is 0 Å². The van der Waals surface area contributed by atoms with E-state index < -0.39 is 17.9 Å². The fourth-order valence-corrected chi connectivity index (χ4v) is 3.86. The minimum Gasteiger partial charge on any atom is -0.467 e. The molecular formula is C25H26Cl2N4O3. The number of hydrogen-bond acceptors (Lipinski definition) is 6. The number of anilines is 1. The van der Waals surface area contributed by atoms with Crippen LogP contribution < -0.4 is 16.0 Å². The molecule has 7 nitrogen and oxygen atoms in total. The second kappa shape index (κ2) is 12.9. The molecule has 1 amide bonds. The molecule has 2 aromatic carbocycles. The second-order valence-electron chi connectivity index (χ2n) is 7.49. The summed E-state index contributed by atoms with van der Waals surface area (Å²) < 4.78 is 4.87. The van der Waals surface area contributed by atoms with Crippen LogP contribution in [0.3, 0.4) is 0 Å². The Morgan fingerprint density at radius 1 is 0.941 bits per heavy atom. The molecule has 0 aliphatic heterocycles. The first-order valence-electron chi connectivity index (χ1n) is 10.7. The molecule has 178 valence electrons. The lowest BCUT2D eigenvalue weighted by Crippen LogP contribution is -2.43. The van der Waals surface area contributed by atoms with Gasteiger partial charge >= 0.3 is 5.97 Å². The number of benzene rings is 2. The predicted molar refractivity (Wildman–Crippen MR) is 134 cm³/mol. The molecule has 1 heterocycles. The topological polar surface area (TPSA) is 92.3 Å². The summed E-state index contributed by atoms with van der Waals surface area (Å²) in [6.45, 7) is 2.23. The third-order valence-corrected chi connectivity index (χ3v) is 5.68. The number of carbonyl (C=O) groups excluding carboxylic acids is 2. The predicted octanol–water partition coefficient (Wildman–Crippen LogP) is 4.10. The van der Waals surface area contributed by atoms with Crippen molar-refractivity contribution in [2.24, 2.45) is 0 Å². The number of methoxy groups -OCH3 is 1. The molecule has 0 aliphatic carbocycles. The number of amides is 1. The van der Waals surface area contributed by atoms with Crippen LogP contribution in [0.1, 0.15) is 21.5 Å². The summed E-state index contributed by atoms with van der Waals surface area (Å²) in [5.74, 6) is -0.244. The Bertz CT molecular complexity index is 1070. The van der Waals surface area contributed by atoms with Gasteiger partial charge in [-0.05, 0) is 35.4 Å². The van der Waals surface area contributed by atoms with Crippen LogP contribution in [0.15, 0.2) is 66.9 Å². The molecule has 3 rings (SSSR count). The Hall–Kier alpha value is -3.13. The number of ether oxygens (including phenoxy) is 1. The Morgan fingerprint density at radius 3 is 2.29 bits per heavy atom. The summed E-state index contributed by atoms with van der Waals surface area (Å²) in [5.41, 5.74) is 2.10. The quantitative estimate of drug-likeness (QED) is 0.271. The first-order valence-corrected chi connectivity index (χ1v) is 11.5. The molecule has 9 heteroatoms. The number of pyridine rings is 1. The highest BCUT2D eigenvalue weighted by Crippen LogP contribution is 2.24. The Labute approximate surface area is 208 Å². The van der Waals surface area contributed by atoms with E-state index in [1.54, 1.807) is 24.4 Å². The van der Waals surface area contributed by atoms with Crippen LogP contribution in [0.25, 0.3) is 0 Å². The average molecular weight is 501 g/mol. The van der Waals surface area contributed by atoms with Gasteiger partial charge in [-0.25, -0.2) is 9.78 Å². The van der Waals surface area contributed by atoms with Gasteiger partial charge in [0.25, 0.3) is 5.91 Å². The number of aromatic nitrogens is 1. The van der Waals surface area contributed by atoms with Gasteiger partial charge in [0.15, 0.2) is 0 Å². The van der Waals surface area contributed by atoms with Crippen molar-refractivity contribution in [3.05, 3.63) is 93.6 Å². The molecule has 1 aromatic heterocycles. The number of esters is 1. The second-order valence-corrected chi connectivity index (χ2v) is 8.30. The summed E-state index contributed by atoms with van der Waals surface area (Å²) in [7, 11) is 1.28. The van der Waals surface area contributed by atoms with E-state index in [2.05, 4.69) is 20.9 Å². The van der Waals surface area contributed by atoms with E-state index in [4.69, 9.17) is 27.9 Å². The summed E-state index contributed by atoms with van der Waals surface area (Å²) >= 11 is 12.2. The largest absolute Gasteiger partial charge is 0.467 e. The maximum absolute atomic E-state index is 12.7. The molecule has 0 bridgehead atoms. The lowest BCUT2D eigenvalue weighted by molar-refractivity contribution is -0.142. The van der Waals surface area contributed by atoms with Crippen molar-refractivity contribution >= 4 is 40.9 Å². The number of halogens is 2. The Morgan fingerprint density at radius 2 is 1.65 bits per heavy atom. The number of nitrogens with one attached hydrogen (secondary N) is 3. The van der Waals surface area contributed by atoms with Gasteiger partial charge in [-0.1, -0.05) is 59.6 Å². The minimum atomic E-state index is -0.883. The van der Waals surface area contributed by atoms with E-state index in [1.165, 1.54) is 7.11 Å². The lowest BCUT2D eigenvalue weighted by atomic mass is 10.0. The van der Waals surface area contributed by atoms with Gasteiger partial charge in [0, 0.05) is 32.3 Å². The molecule has 34 heavy (non-hydrogen) atoms. The molecule has 1 atom stereocenters. The van der Waals surface area contributed by atoms with Crippen LogP contribution in [-0.2, 0) is 22.5 Å². The molecule has 0 saturated carbocycles. The number of carbonyl (C=O) groups is 2. The molecule has 0 aliphatic rings. The number of nitrogens with zero attached hydrogens (tertiary/aromatic N) is 1. The maximum atomic E-state index is 12.7. The van der Waals surface area contributed by atoms with E-state index in [0.29, 0.717) is 6.54 Å². The zero-order chi connectivity index (χ0) is 24.3.